The molecule has 1 saturated carbocycles. The Labute approximate surface area is 348 Å². The second-order valence-corrected chi connectivity index (χ2v) is 27.4. The molecule has 7 nitrogen and oxygen atoms in total. The van der Waals surface area contributed by atoms with Gasteiger partial charge in [-0.3, -0.25) is 0 Å². The average Bonchev–Trinajstić information content (AvgIpc) is 3.78. The van der Waals surface area contributed by atoms with Gasteiger partial charge in [-0.1, -0.05) is 108 Å². The maximum absolute atomic E-state index is 12.6. The normalized spacial score (nSPS) is 32.3. The van der Waals surface area contributed by atoms with Crippen molar-refractivity contribution >= 4 is 36.6 Å². The summed E-state index contributed by atoms with van der Waals surface area (Å²) < 4.78 is 58.0. The van der Waals surface area contributed by atoms with Crippen molar-refractivity contribution in [2.24, 2.45) is 29.6 Å². The van der Waals surface area contributed by atoms with Crippen molar-refractivity contribution in [3.05, 3.63) is 85.0 Å². The Morgan fingerprint density at radius 2 is 1.47 bits per heavy atom. The number of hydrogen-bond acceptors (Lipinski definition) is 7. The van der Waals surface area contributed by atoms with Gasteiger partial charge < -0.3 is 23.4 Å². The van der Waals surface area contributed by atoms with E-state index in [2.05, 4.69) is 117 Å². The molecule has 0 aromatic heterocycles. The third-order valence-electron chi connectivity index (χ3n) is 13.7. The highest BCUT2D eigenvalue weighted by Crippen LogP contribution is 2.49. The smallest absolute Gasteiger partial charge is 0.261 e. The molecule has 0 amide bonds. The first-order valence-corrected chi connectivity index (χ1v) is 26.6. The van der Waals surface area contributed by atoms with Crippen LogP contribution in [0, 0.1) is 29.6 Å². The highest BCUT2D eigenvalue weighted by molar-refractivity contribution is 8.37. The molecular formula is C47H71O7PSSi. The summed E-state index contributed by atoms with van der Waals surface area (Å²) >= 11 is 0. The molecule has 2 aromatic rings. The van der Waals surface area contributed by atoms with Gasteiger partial charge in [-0.05, 0) is 136 Å². The lowest BCUT2D eigenvalue weighted by Crippen LogP contribution is -2.66. The molecule has 57 heavy (non-hydrogen) atoms. The first kappa shape index (κ1) is 44.9. The molecule has 0 spiro atoms. The average molecular weight is 839 g/mol. The van der Waals surface area contributed by atoms with Crippen LogP contribution in [0.1, 0.15) is 106 Å². The summed E-state index contributed by atoms with van der Waals surface area (Å²) in [7, 11) is -3.69. The molecule has 6 rings (SSSR count). The molecular weight excluding hydrogens is 768 g/mol. The summed E-state index contributed by atoms with van der Waals surface area (Å²) in [4.78, 5) is 0. The zero-order chi connectivity index (χ0) is 41.2. The van der Waals surface area contributed by atoms with Crippen molar-refractivity contribution in [2.75, 3.05) is 19.0 Å². The molecule has 4 aliphatic rings. The largest absolute Gasteiger partial charge is 0.407 e. The summed E-state index contributed by atoms with van der Waals surface area (Å²) in [6.07, 6.45) is 8.43. The van der Waals surface area contributed by atoms with Crippen LogP contribution < -0.4 is 10.4 Å². The summed E-state index contributed by atoms with van der Waals surface area (Å²) in [6.45, 7) is 25.7. The molecule has 0 radical (unpaired) electrons. The van der Waals surface area contributed by atoms with E-state index in [4.69, 9.17) is 23.4 Å². The predicted molar refractivity (Wildman–Crippen MR) is 238 cm³/mol. The lowest BCUT2D eigenvalue weighted by atomic mass is 9.81. The van der Waals surface area contributed by atoms with E-state index < -0.39 is 23.6 Å². The number of ether oxygens (including phenoxy) is 4. The standard InChI is InChI=1S/C47H71O7PSSi/c1-32-25-39(53-45(34(32)3)29-37-27-36(28-40-30-50-47(8,9)54-40)35(4)43(37)31-56(48,49)55)22-23-44-33(2)26-38(52-44)17-16-24-51-57(46(5,6)7,41-18-12-10-13-19-41)42-20-14-11-15-21-42/h10-15,18-21,32,35-40,43-45H,2-3,16-17,22-31,55H2,1,4-9H3/t32-,35+,36-,37+,38+,39+,40+,43-,44?,45+/m1/s1. The monoisotopic (exact) mass is 838 g/mol. The van der Waals surface area contributed by atoms with Gasteiger partial charge in [0.05, 0.1) is 42.9 Å². The van der Waals surface area contributed by atoms with Crippen LogP contribution >= 0.6 is 8.44 Å². The minimum Gasteiger partial charge on any atom is -0.407 e. The van der Waals surface area contributed by atoms with Gasteiger partial charge in [0.1, 0.15) is 0 Å². The Morgan fingerprint density at radius 3 is 2.05 bits per heavy atom. The molecule has 4 fully saturated rings. The van der Waals surface area contributed by atoms with Crippen LogP contribution in [0.3, 0.4) is 0 Å². The minimum atomic E-state index is -3.22. The highest BCUT2D eigenvalue weighted by atomic mass is 32.7. The molecule has 11 atom stereocenters. The zero-order valence-corrected chi connectivity index (χ0v) is 38.8. The number of benzene rings is 2. The summed E-state index contributed by atoms with van der Waals surface area (Å²) in [5, 5.41) is 2.57. The van der Waals surface area contributed by atoms with Gasteiger partial charge >= 0.3 is 0 Å². The third kappa shape index (κ3) is 11.0. The fraction of sp³-hybridized carbons (Fsp3) is 0.660. The quantitative estimate of drug-likeness (QED) is 0.0722. The van der Waals surface area contributed by atoms with Crippen molar-refractivity contribution in [3.8, 4) is 0 Å². The van der Waals surface area contributed by atoms with E-state index in [1.807, 2.05) is 13.8 Å². The molecule has 1 aliphatic carbocycles. The molecule has 2 unspecified atom stereocenters. The lowest BCUT2D eigenvalue weighted by molar-refractivity contribution is -0.140. The number of hydrogen-bond donors (Lipinski definition) is 0. The highest BCUT2D eigenvalue weighted by Gasteiger charge is 2.50. The Balaban J connectivity index is 1.02. The molecule has 2 aromatic carbocycles. The minimum absolute atomic E-state index is 0.0370. The van der Waals surface area contributed by atoms with Crippen LogP contribution in [0.4, 0.5) is 0 Å². The Hall–Kier alpha value is -1.68. The topological polar surface area (TPSA) is 80.3 Å². The van der Waals surface area contributed by atoms with Crippen molar-refractivity contribution in [1.82, 2.24) is 0 Å². The molecule has 3 heterocycles. The second-order valence-electron chi connectivity index (χ2n) is 19.3. The van der Waals surface area contributed by atoms with Crippen LogP contribution in [0.25, 0.3) is 0 Å². The van der Waals surface area contributed by atoms with Gasteiger partial charge in [0.15, 0.2) is 15.2 Å². The molecule has 3 saturated heterocycles. The summed E-state index contributed by atoms with van der Waals surface area (Å²) in [5.41, 5.74) is 2.33. The first-order chi connectivity index (χ1) is 26.8. The van der Waals surface area contributed by atoms with Gasteiger partial charge in [-0.2, -0.15) is 0 Å². The lowest BCUT2D eigenvalue weighted by Gasteiger charge is -2.43. The maximum Gasteiger partial charge on any atom is 0.261 e. The summed E-state index contributed by atoms with van der Waals surface area (Å²) in [6, 6.07) is 21.7. The van der Waals surface area contributed by atoms with Crippen LogP contribution in [0.2, 0.25) is 5.04 Å². The molecule has 316 valence electrons. The Bertz CT molecular complexity index is 1720. The van der Waals surface area contributed by atoms with Gasteiger partial charge in [0.25, 0.3) is 8.32 Å². The molecule has 3 aliphatic heterocycles. The first-order valence-electron chi connectivity index (χ1n) is 21.6. The maximum atomic E-state index is 12.6. The molecule has 10 heteroatoms. The van der Waals surface area contributed by atoms with E-state index in [0.717, 1.165) is 63.4 Å². The van der Waals surface area contributed by atoms with E-state index in [-0.39, 0.29) is 59.1 Å². The second kappa shape index (κ2) is 18.5. The Kier molecular flexibility index (Phi) is 14.6. The molecule has 0 N–H and O–H groups in total. The van der Waals surface area contributed by atoms with Crippen molar-refractivity contribution in [3.63, 3.8) is 0 Å². The summed E-state index contributed by atoms with van der Waals surface area (Å²) in [5.74, 6) is 0.910. The van der Waals surface area contributed by atoms with Crippen molar-refractivity contribution in [1.29, 1.82) is 0 Å². The predicted octanol–water partition coefficient (Wildman–Crippen LogP) is 9.21. The third-order valence-corrected chi connectivity index (χ3v) is 20.2. The fourth-order valence-electron chi connectivity index (χ4n) is 10.7. The number of rotatable bonds is 16. The van der Waals surface area contributed by atoms with Crippen LogP contribution in [0.5, 0.6) is 0 Å². The van der Waals surface area contributed by atoms with E-state index in [0.29, 0.717) is 25.0 Å². The van der Waals surface area contributed by atoms with Gasteiger partial charge in [-0.15, -0.1) is 0 Å². The Morgan fingerprint density at radius 1 is 0.842 bits per heavy atom. The van der Waals surface area contributed by atoms with Gasteiger partial charge in [0, 0.05) is 6.61 Å². The van der Waals surface area contributed by atoms with Crippen molar-refractivity contribution in [2.45, 2.75) is 148 Å². The SMILES string of the molecule is C=C1C[C@H](CCCO[Si](c2ccccc2)(c2ccccc2)C(C)(C)C)OC1CC[C@H]1C[C@@H](C)C(=C)[C@H](C[C@@H]2C[C@H](C[C@H]3COC(C)(C)O3)[C@H](C)[C@H]2CS(=O)(=O)P)O1. The van der Waals surface area contributed by atoms with Gasteiger partial charge in [-0.25, -0.2) is 8.42 Å². The van der Waals surface area contributed by atoms with Crippen molar-refractivity contribution < 1.29 is 31.8 Å². The van der Waals surface area contributed by atoms with E-state index in [9.17, 15) is 8.42 Å². The molecule has 0 bridgehead atoms. The van der Waals surface area contributed by atoms with E-state index in [1.165, 1.54) is 15.9 Å². The van der Waals surface area contributed by atoms with Crippen LogP contribution in [0.15, 0.2) is 85.0 Å². The van der Waals surface area contributed by atoms with Crippen LogP contribution in [-0.2, 0) is 32.8 Å². The van der Waals surface area contributed by atoms with E-state index in [1.54, 1.807) is 0 Å². The van der Waals surface area contributed by atoms with Gasteiger partial charge in [0.2, 0.25) is 0 Å². The van der Waals surface area contributed by atoms with Crippen LogP contribution in [-0.4, -0.2) is 72.0 Å². The fourth-order valence-corrected chi connectivity index (χ4v) is 17.1. The van der Waals surface area contributed by atoms with E-state index >= 15 is 0 Å². The zero-order valence-electron chi connectivity index (χ0n) is 35.8.